The van der Waals surface area contributed by atoms with E-state index in [-0.39, 0.29) is 13.2 Å². The van der Waals surface area contributed by atoms with Crippen molar-refractivity contribution in [2.75, 3.05) is 13.7 Å². The van der Waals surface area contributed by atoms with Crippen LogP contribution in [0.1, 0.15) is 11.1 Å². The normalized spacial score (nSPS) is 10.5. The molecule has 128 valence electrons. The molecule has 4 heteroatoms. The van der Waals surface area contributed by atoms with E-state index in [1.54, 1.807) is 13.2 Å². The predicted molar refractivity (Wildman–Crippen MR) is 97.0 cm³/mol. The maximum absolute atomic E-state index is 12.0. The summed E-state index contributed by atoms with van der Waals surface area (Å²) in [5.41, 5.74) is 2.03. The molecule has 3 aromatic rings. The van der Waals surface area contributed by atoms with E-state index in [9.17, 15) is 4.79 Å². The monoisotopic (exact) mass is 336 g/mol. The molecule has 3 aromatic carbocycles. The van der Waals surface area contributed by atoms with Crippen LogP contribution in [0.4, 0.5) is 0 Å². The second-order valence-corrected chi connectivity index (χ2v) is 5.74. The van der Waals surface area contributed by atoms with Gasteiger partial charge in [-0.3, -0.25) is 0 Å². The third-order valence-corrected chi connectivity index (χ3v) is 3.93. The van der Waals surface area contributed by atoms with Crippen LogP contribution < -0.4 is 9.47 Å². The van der Waals surface area contributed by atoms with Gasteiger partial charge in [-0.15, -0.1) is 0 Å². The number of benzene rings is 3. The van der Waals surface area contributed by atoms with Gasteiger partial charge in [0.2, 0.25) is 0 Å². The molecule has 0 unspecified atom stereocenters. The first-order chi connectivity index (χ1) is 12.2. The van der Waals surface area contributed by atoms with Gasteiger partial charge in [0.05, 0.1) is 7.11 Å². The molecule has 0 saturated heterocycles. The lowest BCUT2D eigenvalue weighted by Gasteiger charge is -2.11. The average molecular weight is 336 g/mol. The van der Waals surface area contributed by atoms with E-state index in [0.29, 0.717) is 11.5 Å². The van der Waals surface area contributed by atoms with E-state index < -0.39 is 5.97 Å². The highest BCUT2D eigenvalue weighted by Gasteiger charge is 2.10. The summed E-state index contributed by atoms with van der Waals surface area (Å²) in [7, 11) is 1.57. The molecule has 0 heterocycles. The van der Waals surface area contributed by atoms with Crippen LogP contribution in [0, 0.1) is 6.92 Å². The van der Waals surface area contributed by atoms with E-state index in [4.69, 9.17) is 14.2 Å². The number of fused-ring (bicyclic) bond motifs is 1. The zero-order valence-corrected chi connectivity index (χ0v) is 14.3. The second-order valence-electron chi connectivity index (χ2n) is 5.74. The molecule has 4 nitrogen and oxygen atoms in total. The number of carbonyl (C=O) groups is 1. The van der Waals surface area contributed by atoms with Gasteiger partial charge in [0.25, 0.3) is 0 Å². The van der Waals surface area contributed by atoms with Crippen LogP contribution >= 0.6 is 0 Å². The van der Waals surface area contributed by atoms with Crippen LogP contribution in [0.15, 0.2) is 60.7 Å². The van der Waals surface area contributed by atoms with Crippen LogP contribution in [0.5, 0.6) is 11.5 Å². The van der Waals surface area contributed by atoms with Crippen molar-refractivity contribution in [3.05, 3.63) is 71.8 Å². The van der Waals surface area contributed by atoms with Gasteiger partial charge in [-0.1, -0.05) is 48.5 Å². The molecule has 0 radical (unpaired) electrons. The first-order valence-electron chi connectivity index (χ1n) is 8.07. The third-order valence-electron chi connectivity index (χ3n) is 3.93. The molecule has 0 fully saturated rings. The highest BCUT2D eigenvalue weighted by Crippen LogP contribution is 2.27. The molecule has 0 spiro atoms. The lowest BCUT2D eigenvalue weighted by molar-refractivity contribution is -0.147. The topological polar surface area (TPSA) is 44.8 Å². The molecule has 0 N–H and O–H groups in total. The molecule has 0 atom stereocenters. The minimum atomic E-state index is -0.421. The number of carbonyl (C=O) groups excluding carboxylic acids is 1. The van der Waals surface area contributed by atoms with Gasteiger partial charge >= 0.3 is 5.97 Å². The van der Waals surface area contributed by atoms with Crippen molar-refractivity contribution in [1.82, 2.24) is 0 Å². The van der Waals surface area contributed by atoms with Crippen LogP contribution in [-0.4, -0.2) is 19.7 Å². The maximum atomic E-state index is 12.0. The molecule has 0 aliphatic carbocycles. The fourth-order valence-electron chi connectivity index (χ4n) is 2.65. The number of methoxy groups -OCH3 is 1. The Morgan fingerprint density at radius 3 is 2.60 bits per heavy atom. The van der Waals surface area contributed by atoms with Crippen LogP contribution in [0.25, 0.3) is 10.8 Å². The minimum Gasteiger partial charge on any atom is -0.493 e. The predicted octanol–water partition coefficient (Wildman–Crippen LogP) is 4.28. The van der Waals surface area contributed by atoms with Gasteiger partial charge in [0.15, 0.2) is 18.1 Å². The fourth-order valence-corrected chi connectivity index (χ4v) is 2.65. The summed E-state index contributed by atoms with van der Waals surface area (Å²) in [4.78, 5) is 12.0. The number of hydrogen-bond acceptors (Lipinski definition) is 4. The third kappa shape index (κ3) is 4.10. The number of rotatable bonds is 6. The first-order valence-corrected chi connectivity index (χ1v) is 8.07. The van der Waals surface area contributed by atoms with Crippen molar-refractivity contribution in [1.29, 1.82) is 0 Å². The van der Waals surface area contributed by atoms with Gasteiger partial charge in [-0.05, 0) is 41.0 Å². The van der Waals surface area contributed by atoms with Gasteiger partial charge in [0, 0.05) is 0 Å². The molecule has 3 rings (SSSR count). The minimum absolute atomic E-state index is 0.163. The summed E-state index contributed by atoms with van der Waals surface area (Å²) in [5, 5.41) is 2.20. The lowest BCUT2D eigenvalue weighted by Crippen LogP contribution is -2.15. The van der Waals surface area contributed by atoms with Crippen molar-refractivity contribution in [2.45, 2.75) is 13.5 Å². The molecule has 0 aromatic heterocycles. The standard InChI is InChI=1S/C21H20O4/c1-15-10-11-19(20(12-15)23-2)24-14-21(22)25-13-17-8-5-7-16-6-3-4-9-18(16)17/h3-12H,13-14H2,1-2H3. The molecular formula is C21H20O4. The highest BCUT2D eigenvalue weighted by atomic mass is 16.6. The molecule has 0 aliphatic heterocycles. The van der Waals surface area contributed by atoms with E-state index in [2.05, 4.69) is 0 Å². The van der Waals surface area contributed by atoms with Gasteiger partial charge in [0.1, 0.15) is 6.61 Å². The summed E-state index contributed by atoms with van der Waals surface area (Å²) >= 11 is 0. The molecule has 0 aliphatic rings. The summed E-state index contributed by atoms with van der Waals surface area (Å²) in [5.74, 6) is 0.702. The Balaban J connectivity index is 1.60. The second kappa shape index (κ2) is 7.71. The van der Waals surface area contributed by atoms with Gasteiger partial charge in [-0.25, -0.2) is 4.79 Å². The van der Waals surface area contributed by atoms with Crippen molar-refractivity contribution in [2.24, 2.45) is 0 Å². The van der Waals surface area contributed by atoms with Crippen molar-refractivity contribution < 1.29 is 19.0 Å². The van der Waals surface area contributed by atoms with Crippen LogP contribution in [0.3, 0.4) is 0 Å². The highest BCUT2D eigenvalue weighted by molar-refractivity contribution is 5.85. The molecule has 0 saturated carbocycles. The Hall–Kier alpha value is -3.01. The smallest absolute Gasteiger partial charge is 0.344 e. The largest absolute Gasteiger partial charge is 0.493 e. The van der Waals surface area contributed by atoms with E-state index in [1.807, 2.05) is 61.5 Å². The summed E-state index contributed by atoms with van der Waals surface area (Å²) in [6.45, 7) is 2.02. The molecule has 0 bridgehead atoms. The SMILES string of the molecule is COc1cc(C)ccc1OCC(=O)OCc1cccc2ccccc12. The number of hydrogen-bond donors (Lipinski definition) is 0. The number of ether oxygens (including phenoxy) is 3. The van der Waals surface area contributed by atoms with Crippen molar-refractivity contribution >= 4 is 16.7 Å². The molecule has 0 amide bonds. The van der Waals surface area contributed by atoms with Crippen molar-refractivity contribution in [3.63, 3.8) is 0 Å². The maximum Gasteiger partial charge on any atom is 0.344 e. The molecular weight excluding hydrogens is 316 g/mol. The fraction of sp³-hybridized carbons (Fsp3) is 0.190. The van der Waals surface area contributed by atoms with Crippen LogP contribution in [0.2, 0.25) is 0 Å². The zero-order chi connectivity index (χ0) is 17.6. The molecule has 25 heavy (non-hydrogen) atoms. The number of aryl methyl sites for hydroxylation is 1. The average Bonchev–Trinajstić information content (AvgIpc) is 2.65. The Morgan fingerprint density at radius 2 is 1.76 bits per heavy atom. The zero-order valence-electron chi connectivity index (χ0n) is 14.3. The van der Waals surface area contributed by atoms with Gasteiger partial charge < -0.3 is 14.2 Å². The Morgan fingerprint density at radius 1 is 0.960 bits per heavy atom. The Kier molecular flexibility index (Phi) is 5.19. The number of esters is 1. The van der Waals surface area contributed by atoms with E-state index in [1.165, 1.54) is 0 Å². The van der Waals surface area contributed by atoms with E-state index in [0.717, 1.165) is 21.9 Å². The lowest BCUT2D eigenvalue weighted by atomic mass is 10.1. The summed E-state index contributed by atoms with van der Waals surface area (Å²) < 4.78 is 16.1. The Labute approximate surface area is 146 Å². The quantitative estimate of drug-likeness (QED) is 0.630. The Bertz CT molecular complexity index is 881. The first kappa shape index (κ1) is 16.8. The van der Waals surface area contributed by atoms with E-state index >= 15 is 0 Å². The summed E-state index contributed by atoms with van der Waals surface area (Å²) in [6.07, 6.45) is 0. The summed E-state index contributed by atoms with van der Waals surface area (Å²) in [6, 6.07) is 19.5. The van der Waals surface area contributed by atoms with Crippen molar-refractivity contribution in [3.8, 4) is 11.5 Å². The van der Waals surface area contributed by atoms with Gasteiger partial charge in [-0.2, -0.15) is 0 Å². The van der Waals surface area contributed by atoms with Crippen LogP contribution in [-0.2, 0) is 16.1 Å².